The Bertz CT molecular complexity index is 370. The Morgan fingerprint density at radius 1 is 0.867 bits per heavy atom. The van der Waals surface area contributed by atoms with Gasteiger partial charge in [0.1, 0.15) is 0 Å². The van der Waals surface area contributed by atoms with Crippen LogP contribution < -0.4 is 0 Å². The lowest BCUT2D eigenvalue weighted by molar-refractivity contribution is 0.101. The van der Waals surface area contributed by atoms with Crippen molar-refractivity contribution in [1.82, 2.24) is 0 Å². The molecule has 1 aromatic carbocycles. The first kappa shape index (κ1) is 12.0. The molecule has 0 aromatic heterocycles. The van der Waals surface area contributed by atoms with E-state index in [1.54, 1.807) is 22.6 Å². The van der Waals surface area contributed by atoms with Crippen molar-refractivity contribution in [3.05, 3.63) is 34.9 Å². The van der Waals surface area contributed by atoms with E-state index in [0.29, 0.717) is 16.7 Å². The summed E-state index contributed by atoms with van der Waals surface area (Å²) in [5.74, 6) is -0.311. The molecule has 0 aliphatic heterocycles. The van der Waals surface area contributed by atoms with Crippen molar-refractivity contribution in [3.8, 4) is 0 Å². The van der Waals surface area contributed by atoms with E-state index in [9.17, 15) is 14.4 Å². The Morgan fingerprint density at radius 3 is 1.47 bits per heavy atom. The van der Waals surface area contributed by atoms with Gasteiger partial charge in [0.15, 0.2) is 11.6 Å². The fourth-order valence-corrected chi connectivity index (χ4v) is 1.46. The zero-order chi connectivity index (χ0) is 11.6. The quantitative estimate of drug-likeness (QED) is 0.489. The van der Waals surface area contributed by atoms with Gasteiger partial charge in [0, 0.05) is 39.3 Å². The van der Waals surface area contributed by atoms with Crippen molar-refractivity contribution >= 4 is 37.9 Å². The van der Waals surface area contributed by atoms with Crippen molar-refractivity contribution in [2.24, 2.45) is 0 Å². The minimum Gasteiger partial charge on any atom is -0.295 e. The maximum Gasteiger partial charge on any atom is 0.222 e. The van der Waals surface area contributed by atoms with Gasteiger partial charge in [-0.2, -0.15) is 0 Å². The maximum atomic E-state index is 11.2. The van der Waals surface area contributed by atoms with Crippen LogP contribution in [0.4, 0.5) is 0 Å². The van der Waals surface area contributed by atoms with Gasteiger partial charge in [-0.25, -0.2) is 0 Å². The highest BCUT2D eigenvalue weighted by Gasteiger charge is 2.10. The summed E-state index contributed by atoms with van der Waals surface area (Å²) in [6.45, 7) is 2.81. The average Bonchev–Trinajstić information content (AvgIpc) is 2.16. The number of hydrogen-bond donors (Lipinski definition) is 0. The topological polar surface area (TPSA) is 51.2 Å². The number of ketones is 2. The molecule has 4 heteroatoms. The van der Waals surface area contributed by atoms with Crippen molar-refractivity contribution < 1.29 is 14.4 Å². The lowest BCUT2D eigenvalue weighted by Crippen LogP contribution is -2.02. The van der Waals surface area contributed by atoms with Gasteiger partial charge in [-0.05, 0) is 32.0 Å². The summed E-state index contributed by atoms with van der Waals surface area (Å²) in [6, 6.07) is 4.51. The summed E-state index contributed by atoms with van der Waals surface area (Å²) in [4.78, 5) is 33.5. The van der Waals surface area contributed by atoms with Crippen molar-refractivity contribution in [1.29, 1.82) is 0 Å². The molecule has 0 fully saturated rings. The van der Waals surface area contributed by atoms with Crippen LogP contribution in [0.5, 0.6) is 0 Å². The fourth-order valence-electron chi connectivity index (χ4n) is 1.15. The van der Waals surface area contributed by atoms with Crippen LogP contribution in [-0.2, 0) is 0 Å². The predicted octanol–water partition coefficient (Wildman–Crippen LogP) is 2.67. The predicted molar refractivity (Wildman–Crippen MR) is 64.8 cm³/mol. The van der Waals surface area contributed by atoms with E-state index in [-0.39, 0.29) is 15.4 Å². The van der Waals surface area contributed by atoms with Crippen LogP contribution in [0, 0.1) is 0 Å². The van der Waals surface area contributed by atoms with Crippen LogP contribution in [0.25, 0.3) is 0 Å². The molecule has 0 bridgehead atoms. The molecule has 0 saturated carbocycles. The molecule has 15 heavy (non-hydrogen) atoms. The van der Waals surface area contributed by atoms with Gasteiger partial charge in [0.05, 0.1) is 0 Å². The number of benzene rings is 1. The van der Waals surface area contributed by atoms with E-state index < -0.39 is 0 Å². The summed E-state index contributed by atoms with van der Waals surface area (Å²) in [5.41, 5.74) is 1.17. The zero-order valence-corrected chi connectivity index (χ0v) is 10.5. The second-order valence-corrected chi connectivity index (χ2v) is 4.16. The van der Waals surface area contributed by atoms with Gasteiger partial charge < -0.3 is 0 Å². The summed E-state index contributed by atoms with van der Waals surface area (Å²) < 4.78 is -0.182. The summed E-state index contributed by atoms with van der Waals surface area (Å²) in [6.07, 6.45) is 0. The third-order valence-corrected chi connectivity index (χ3v) is 2.60. The minimum absolute atomic E-state index is 0.156. The Kier molecular flexibility index (Phi) is 3.73. The van der Waals surface area contributed by atoms with Gasteiger partial charge in [-0.1, -0.05) is 0 Å². The first-order valence-electron chi connectivity index (χ1n) is 4.28. The molecule has 0 unspecified atom stereocenters. The molecule has 0 heterocycles. The molecule has 3 nitrogen and oxygen atoms in total. The molecule has 1 aromatic rings. The molecular formula is C11H9IO3. The lowest BCUT2D eigenvalue weighted by atomic mass is 10.0. The third kappa shape index (κ3) is 2.95. The Labute approximate surface area is 101 Å². The van der Waals surface area contributed by atoms with Crippen LogP contribution in [0.2, 0.25) is 0 Å². The molecule has 0 radical (unpaired) electrons. The summed E-state index contributed by atoms with van der Waals surface area (Å²) in [7, 11) is 0. The molecular weight excluding hydrogens is 307 g/mol. The average molecular weight is 316 g/mol. The standard InChI is InChI=1S/C11H9IO3/c1-6(13)8-3-9(7(2)14)5-10(4-8)11(12)15/h3-5H,1-2H3. The Balaban J connectivity index is 3.39. The summed E-state index contributed by atoms with van der Waals surface area (Å²) >= 11 is 1.63. The third-order valence-electron chi connectivity index (χ3n) is 1.97. The molecule has 0 aliphatic rings. The van der Waals surface area contributed by atoms with Crippen LogP contribution in [-0.4, -0.2) is 15.4 Å². The van der Waals surface area contributed by atoms with E-state index in [1.165, 1.54) is 32.0 Å². The molecule has 1 rings (SSSR count). The largest absolute Gasteiger partial charge is 0.295 e. The normalized spacial score (nSPS) is 9.80. The highest BCUT2D eigenvalue weighted by Crippen LogP contribution is 2.14. The van der Waals surface area contributed by atoms with E-state index in [0.717, 1.165) is 0 Å². The number of rotatable bonds is 3. The van der Waals surface area contributed by atoms with Crippen LogP contribution in [0.3, 0.4) is 0 Å². The van der Waals surface area contributed by atoms with Crippen LogP contribution in [0.15, 0.2) is 18.2 Å². The second-order valence-electron chi connectivity index (χ2n) is 3.19. The van der Waals surface area contributed by atoms with E-state index in [4.69, 9.17) is 0 Å². The van der Waals surface area contributed by atoms with Crippen molar-refractivity contribution in [2.45, 2.75) is 13.8 Å². The monoisotopic (exact) mass is 316 g/mol. The van der Waals surface area contributed by atoms with Gasteiger partial charge in [-0.3, -0.25) is 14.4 Å². The maximum absolute atomic E-state index is 11.2. The number of hydrogen-bond acceptors (Lipinski definition) is 3. The molecule has 0 amide bonds. The van der Waals surface area contributed by atoms with Gasteiger partial charge in [0.2, 0.25) is 3.79 Å². The van der Waals surface area contributed by atoms with Gasteiger partial charge in [-0.15, -0.1) is 0 Å². The zero-order valence-electron chi connectivity index (χ0n) is 8.33. The highest BCUT2D eigenvalue weighted by atomic mass is 127. The molecule has 0 atom stereocenters. The smallest absolute Gasteiger partial charge is 0.222 e. The Morgan fingerprint density at radius 2 is 1.20 bits per heavy atom. The summed E-state index contributed by atoms with van der Waals surface area (Å²) in [5, 5.41) is 0. The molecule has 0 spiro atoms. The SMILES string of the molecule is CC(=O)c1cc(C(C)=O)cc(C(=O)I)c1. The van der Waals surface area contributed by atoms with E-state index in [1.807, 2.05) is 0 Å². The van der Waals surface area contributed by atoms with E-state index >= 15 is 0 Å². The molecule has 0 N–H and O–H groups in total. The molecule has 78 valence electrons. The van der Waals surface area contributed by atoms with Gasteiger partial charge in [0.25, 0.3) is 0 Å². The fraction of sp³-hybridized carbons (Fsp3) is 0.182. The van der Waals surface area contributed by atoms with Crippen molar-refractivity contribution in [3.63, 3.8) is 0 Å². The number of Topliss-reactive ketones (excluding diaryl/α,β-unsaturated/α-hetero) is 2. The first-order valence-corrected chi connectivity index (χ1v) is 5.36. The number of halogens is 1. The molecule has 0 aliphatic carbocycles. The number of carbonyl (C=O) groups excluding carboxylic acids is 3. The lowest BCUT2D eigenvalue weighted by Gasteiger charge is -2.02. The van der Waals surface area contributed by atoms with Crippen LogP contribution in [0.1, 0.15) is 44.9 Å². The minimum atomic E-state index is -0.182. The van der Waals surface area contributed by atoms with Crippen LogP contribution >= 0.6 is 22.6 Å². The first-order chi connectivity index (χ1) is 6.91. The van der Waals surface area contributed by atoms with Gasteiger partial charge >= 0.3 is 0 Å². The highest BCUT2D eigenvalue weighted by molar-refractivity contribution is 14.1. The Hall–Kier alpha value is -1.04. The van der Waals surface area contributed by atoms with E-state index in [2.05, 4.69) is 0 Å². The number of carbonyl (C=O) groups is 3. The van der Waals surface area contributed by atoms with Crippen molar-refractivity contribution in [2.75, 3.05) is 0 Å². The molecule has 0 saturated heterocycles. The second kappa shape index (κ2) is 4.65.